The first-order valence-corrected chi connectivity index (χ1v) is 6.08. The first kappa shape index (κ1) is 10.9. The molecule has 3 nitrogen and oxygen atoms in total. The Kier molecular flexibility index (Phi) is 3.01. The molecule has 2 aliphatic heterocycles. The summed E-state index contributed by atoms with van der Waals surface area (Å²) in [5.41, 5.74) is 0.449. The molecule has 0 amide bonds. The minimum Gasteiger partial charge on any atom is -0.464 e. The predicted octanol–water partition coefficient (Wildman–Crippen LogP) is 1.96. The van der Waals surface area contributed by atoms with Crippen LogP contribution in [0.15, 0.2) is 0 Å². The number of nitrogens with zero attached hydrogens (tertiary/aromatic N) is 1. The lowest BCUT2D eigenvalue weighted by Crippen LogP contribution is -2.43. The highest BCUT2D eigenvalue weighted by atomic mass is 16.5. The molecule has 2 heterocycles. The van der Waals surface area contributed by atoms with Crippen LogP contribution in [0.1, 0.15) is 46.0 Å². The summed E-state index contributed by atoms with van der Waals surface area (Å²) in [4.78, 5) is 13.4. The number of rotatable bonds is 3. The van der Waals surface area contributed by atoms with Crippen LogP contribution >= 0.6 is 0 Å². The fourth-order valence-electron chi connectivity index (χ4n) is 3.33. The summed E-state index contributed by atoms with van der Waals surface area (Å²) >= 11 is 0. The van der Waals surface area contributed by atoms with Gasteiger partial charge < -0.3 is 4.74 Å². The van der Waals surface area contributed by atoms with E-state index in [1.165, 1.54) is 45.6 Å². The van der Waals surface area contributed by atoms with E-state index < -0.39 is 0 Å². The van der Waals surface area contributed by atoms with Crippen molar-refractivity contribution in [3.63, 3.8) is 0 Å². The van der Waals surface area contributed by atoms with Crippen LogP contribution in [-0.2, 0) is 9.53 Å². The van der Waals surface area contributed by atoms with Crippen LogP contribution in [0.5, 0.6) is 0 Å². The number of carbonyl (C=O) groups is 1. The third kappa shape index (κ3) is 1.89. The van der Waals surface area contributed by atoms with E-state index in [0.29, 0.717) is 18.2 Å². The van der Waals surface area contributed by atoms with Gasteiger partial charge >= 0.3 is 5.97 Å². The van der Waals surface area contributed by atoms with Crippen LogP contribution in [0, 0.1) is 0 Å². The lowest BCUT2D eigenvalue weighted by molar-refractivity contribution is -0.142. The van der Waals surface area contributed by atoms with E-state index in [4.69, 9.17) is 4.74 Å². The topological polar surface area (TPSA) is 29.5 Å². The lowest BCUT2D eigenvalue weighted by atomic mass is 9.91. The summed E-state index contributed by atoms with van der Waals surface area (Å²) in [5.74, 6) is -0.150. The van der Waals surface area contributed by atoms with E-state index in [2.05, 4.69) is 11.8 Å². The number of ether oxygens (including phenoxy) is 1. The lowest BCUT2D eigenvalue weighted by Gasteiger charge is -2.34. The van der Waals surface area contributed by atoms with Crippen LogP contribution < -0.4 is 0 Å². The molecule has 0 spiro atoms. The molecule has 0 bridgehead atoms. The van der Waals surface area contributed by atoms with E-state index in [0.717, 1.165) is 0 Å². The fourth-order valence-corrected chi connectivity index (χ4v) is 3.33. The zero-order chi connectivity index (χ0) is 10.9. The highest BCUT2D eigenvalue weighted by Crippen LogP contribution is 2.44. The number of fused-ring (bicyclic) bond motifs is 1. The molecular weight excluding hydrogens is 190 g/mol. The molecule has 15 heavy (non-hydrogen) atoms. The summed E-state index contributed by atoms with van der Waals surface area (Å²) in [6.07, 6.45) is 6.37. The minimum absolute atomic E-state index is 0.150. The van der Waals surface area contributed by atoms with Gasteiger partial charge in [-0.15, -0.1) is 0 Å². The van der Waals surface area contributed by atoms with Crippen LogP contribution in [0.3, 0.4) is 0 Å². The van der Waals surface area contributed by atoms with Crippen molar-refractivity contribution in [3.05, 3.63) is 0 Å². The Bertz CT molecular complexity index is 254. The van der Waals surface area contributed by atoms with Crippen LogP contribution in [0.25, 0.3) is 0 Å². The summed E-state index contributed by atoms with van der Waals surface area (Å²) in [6.45, 7) is 5.56. The third-order valence-electron chi connectivity index (χ3n) is 4.17. The van der Waals surface area contributed by atoms with Gasteiger partial charge in [0.05, 0.1) is 0 Å². The standard InChI is InChI=1S/C12H21NO2/c1-3-12-6-4-8-13(12)11(5-7-12)9-15-10(2)14/h11H,3-9H2,1-2H3/t11-,12-/m0/s1. The summed E-state index contributed by atoms with van der Waals surface area (Å²) < 4.78 is 5.14. The van der Waals surface area contributed by atoms with E-state index in [1.54, 1.807) is 0 Å². The van der Waals surface area contributed by atoms with Gasteiger partial charge in [0.25, 0.3) is 0 Å². The Labute approximate surface area is 91.8 Å². The molecule has 2 rings (SSSR count). The number of carbonyl (C=O) groups excluding carboxylic acids is 1. The first-order valence-electron chi connectivity index (χ1n) is 6.08. The molecule has 0 saturated carbocycles. The molecule has 2 aliphatic rings. The zero-order valence-corrected chi connectivity index (χ0v) is 9.79. The van der Waals surface area contributed by atoms with Crippen molar-refractivity contribution in [1.29, 1.82) is 0 Å². The Morgan fingerprint density at radius 3 is 3.00 bits per heavy atom. The average molecular weight is 211 g/mol. The maximum Gasteiger partial charge on any atom is 0.302 e. The third-order valence-corrected chi connectivity index (χ3v) is 4.17. The van der Waals surface area contributed by atoms with E-state index in [1.807, 2.05) is 0 Å². The van der Waals surface area contributed by atoms with Crippen molar-refractivity contribution in [2.75, 3.05) is 13.2 Å². The first-order chi connectivity index (χ1) is 7.18. The number of hydrogen-bond acceptors (Lipinski definition) is 3. The van der Waals surface area contributed by atoms with Gasteiger partial charge in [-0.3, -0.25) is 9.69 Å². The van der Waals surface area contributed by atoms with Crippen LogP contribution in [-0.4, -0.2) is 35.6 Å². The second-order valence-electron chi connectivity index (χ2n) is 4.87. The highest BCUT2D eigenvalue weighted by molar-refractivity contribution is 5.65. The fraction of sp³-hybridized carbons (Fsp3) is 0.917. The van der Waals surface area contributed by atoms with Crippen molar-refractivity contribution in [1.82, 2.24) is 4.90 Å². The van der Waals surface area contributed by atoms with Gasteiger partial charge in [-0.1, -0.05) is 6.92 Å². The summed E-state index contributed by atoms with van der Waals surface area (Å²) in [7, 11) is 0. The Morgan fingerprint density at radius 2 is 2.33 bits per heavy atom. The minimum atomic E-state index is -0.150. The smallest absolute Gasteiger partial charge is 0.302 e. The van der Waals surface area contributed by atoms with Gasteiger partial charge in [0.1, 0.15) is 6.61 Å². The molecule has 0 radical (unpaired) electrons. The molecule has 2 fully saturated rings. The maximum atomic E-state index is 10.8. The molecule has 0 aliphatic carbocycles. The second-order valence-corrected chi connectivity index (χ2v) is 4.87. The van der Waals surface area contributed by atoms with Gasteiger partial charge in [0.15, 0.2) is 0 Å². The van der Waals surface area contributed by atoms with E-state index in [9.17, 15) is 4.79 Å². The molecule has 0 aromatic carbocycles. The van der Waals surface area contributed by atoms with E-state index in [-0.39, 0.29) is 5.97 Å². The molecule has 3 heteroatoms. The average Bonchev–Trinajstić information content (AvgIpc) is 2.73. The van der Waals surface area contributed by atoms with Gasteiger partial charge in [-0.25, -0.2) is 0 Å². The Morgan fingerprint density at radius 1 is 1.53 bits per heavy atom. The predicted molar refractivity (Wildman–Crippen MR) is 58.6 cm³/mol. The van der Waals surface area contributed by atoms with Gasteiger partial charge in [0.2, 0.25) is 0 Å². The molecule has 0 aromatic heterocycles. The van der Waals surface area contributed by atoms with Gasteiger partial charge in [-0.2, -0.15) is 0 Å². The zero-order valence-electron chi connectivity index (χ0n) is 9.79. The van der Waals surface area contributed by atoms with Crippen molar-refractivity contribution in [2.24, 2.45) is 0 Å². The molecular formula is C12H21NO2. The van der Waals surface area contributed by atoms with Crippen molar-refractivity contribution in [3.8, 4) is 0 Å². The monoisotopic (exact) mass is 211 g/mol. The van der Waals surface area contributed by atoms with Crippen molar-refractivity contribution in [2.45, 2.75) is 57.5 Å². The second kappa shape index (κ2) is 4.12. The van der Waals surface area contributed by atoms with E-state index >= 15 is 0 Å². The van der Waals surface area contributed by atoms with Crippen LogP contribution in [0.4, 0.5) is 0 Å². The normalized spacial score (nSPS) is 35.5. The molecule has 2 saturated heterocycles. The van der Waals surface area contributed by atoms with Gasteiger partial charge in [-0.05, 0) is 38.6 Å². The largest absolute Gasteiger partial charge is 0.464 e. The van der Waals surface area contributed by atoms with Gasteiger partial charge in [0, 0.05) is 18.5 Å². The molecule has 2 atom stereocenters. The summed E-state index contributed by atoms with van der Waals surface area (Å²) in [6, 6.07) is 0.483. The number of hydrogen-bond donors (Lipinski definition) is 0. The van der Waals surface area contributed by atoms with Crippen molar-refractivity contribution >= 4 is 5.97 Å². The Hall–Kier alpha value is -0.570. The Balaban J connectivity index is 1.96. The molecule has 0 N–H and O–H groups in total. The molecule has 0 aromatic rings. The highest BCUT2D eigenvalue weighted by Gasteiger charge is 2.47. The summed E-state index contributed by atoms with van der Waals surface area (Å²) in [5, 5.41) is 0. The van der Waals surface area contributed by atoms with Crippen molar-refractivity contribution < 1.29 is 9.53 Å². The van der Waals surface area contributed by atoms with Crippen LogP contribution in [0.2, 0.25) is 0 Å². The number of esters is 1. The molecule has 0 unspecified atom stereocenters. The maximum absolute atomic E-state index is 10.8. The quantitative estimate of drug-likeness (QED) is 0.668. The SMILES string of the molecule is CC[C@@]12CCCN1[C@H](COC(C)=O)CC2. The molecule has 86 valence electrons.